The number of halogens is 1. The number of ether oxygens (including phenoxy) is 1. The van der Waals surface area contributed by atoms with Gasteiger partial charge < -0.3 is 10.5 Å². The van der Waals surface area contributed by atoms with Crippen molar-refractivity contribution in [1.82, 2.24) is 0 Å². The lowest BCUT2D eigenvalue weighted by molar-refractivity contribution is 0.416. The number of hydrogen-bond donors (Lipinski definition) is 1. The average molecular weight is 234 g/mol. The topological polar surface area (TPSA) is 84.0 Å². The maximum absolute atomic E-state index is 13.4. The van der Waals surface area contributed by atoms with Crippen molar-refractivity contribution >= 4 is 5.69 Å². The summed E-state index contributed by atoms with van der Waals surface area (Å²) in [5, 5.41) is 3.31. The van der Waals surface area contributed by atoms with Crippen LogP contribution >= 0.6 is 0 Å². The quantitative estimate of drug-likeness (QED) is 0.217. The van der Waals surface area contributed by atoms with Crippen molar-refractivity contribution in [2.45, 2.75) is 6.42 Å². The summed E-state index contributed by atoms with van der Waals surface area (Å²) in [5.74, 6) is 5.21. The van der Waals surface area contributed by atoms with E-state index in [2.05, 4.69) is 21.9 Å². The Bertz CT molecular complexity index is 512. The molecule has 0 amide bonds. The lowest BCUT2D eigenvalue weighted by Gasteiger charge is -2.05. The first-order valence-electron chi connectivity index (χ1n) is 4.81. The Morgan fingerprint density at radius 1 is 1.59 bits per heavy atom. The van der Waals surface area contributed by atoms with Crippen LogP contribution in [0.3, 0.4) is 0 Å². The van der Waals surface area contributed by atoms with Gasteiger partial charge in [-0.25, -0.2) is 4.39 Å². The third kappa shape index (κ3) is 3.59. The average Bonchev–Trinajstić information content (AvgIpc) is 2.31. The highest BCUT2D eigenvalue weighted by Crippen LogP contribution is 2.24. The summed E-state index contributed by atoms with van der Waals surface area (Å²) in [6.45, 7) is 0.261. The molecular formula is C11H11FN4O. The summed E-state index contributed by atoms with van der Waals surface area (Å²) in [6, 6.07) is 2.60. The summed E-state index contributed by atoms with van der Waals surface area (Å²) < 4.78 is 18.4. The molecule has 0 unspecified atom stereocenters. The van der Waals surface area contributed by atoms with Gasteiger partial charge in [0.2, 0.25) is 0 Å². The molecule has 0 radical (unpaired) electrons. The largest absolute Gasteiger partial charge is 0.495 e. The van der Waals surface area contributed by atoms with E-state index in [4.69, 9.17) is 16.0 Å². The van der Waals surface area contributed by atoms with Gasteiger partial charge in [-0.05, 0) is 5.53 Å². The molecule has 0 aromatic heterocycles. The Hall–Kier alpha value is -2.38. The first-order valence-corrected chi connectivity index (χ1v) is 4.81. The molecule has 1 aromatic carbocycles. The van der Waals surface area contributed by atoms with E-state index in [1.807, 2.05) is 0 Å². The van der Waals surface area contributed by atoms with Gasteiger partial charge in [-0.15, -0.1) is 0 Å². The van der Waals surface area contributed by atoms with Crippen LogP contribution in [0.25, 0.3) is 10.4 Å². The van der Waals surface area contributed by atoms with Crippen LogP contribution in [0.5, 0.6) is 5.75 Å². The third-order valence-corrected chi connectivity index (χ3v) is 1.94. The number of methoxy groups -OCH3 is 1. The van der Waals surface area contributed by atoms with Gasteiger partial charge in [-0.2, -0.15) is 0 Å². The zero-order valence-electron chi connectivity index (χ0n) is 9.27. The van der Waals surface area contributed by atoms with Crippen molar-refractivity contribution in [3.63, 3.8) is 0 Å². The van der Waals surface area contributed by atoms with Crippen molar-refractivity contribution in [2.75, 3.05) is 19.4 Å². The lowest BCUT2D eigenvalue weighted by atomic mass is 10.1. The molecule has 2 N–H and O–H groups in total. The van der Waals surface area contributed by atoms with E-state index in [9.17, 15) is 4.39 Å². The minimum Gasteiger partial charge on any atom is -0.495 e. The molecule has 0 saturated carbocycles. The summed E-state index contributed by atoms with van der Waals surface area (Å²) in [6.07, 6.45) is 0.371. The SMILES string of the molecule is COc1cc(C#CCCN=[N+]=[N-])c(F)cc1N. The van der Waals surface area contributed by atoms with Crippen LogP contribution in [0.1, 0.15) is 12.0 Å². The fourth-order valence-electron chi connectivity index (χ4n) is 1.15. The normalized spacial score (nSPS) is 8.82. The number of nitrogens with two attached hydrogens (primary N) is 1. The summed E-state index contributed by atoms with van der Waals surface area (Å²) >= 11 is 0. The second-order valence-corrected chi connectivity index (χ2v) is 3.08. The zero-order chi connectivity index (χ0) is 12.7. The molecule has 1 aromatic rings. The lowest BCUT2D eigenvalue weighted by Crippen LogP contribution is -1.95. The van der Waals surface area contributed by atoms with Gasteiger partial charge in [0.1, 0.15) is 11.6 Å². The summed E-state index contributed by atoms with van der Waals surface area (Å²) in [5.41, 5.74) is 14.0. The number of anilines is 1. The van der Waals surface area contributed by atoms with Gasteiger partial charge >= 0.3 is 0 Å². The van der Waals surface area contributed by atoms with E-state index in [1.165, 1.54) is 13.2 Å². The molecule has 0 aliphatic rings. The highest BCUT2D eigenvalue weighted by atomic mass is 19.1. The van der Waals surface area contributed by atoms with Crippen molar-refractivity contribution in [1.29, 1.82) is 0 Å². The molecule has 0 aliphatic carbocycles. The fraction of sp³-hybridized carbons (Fsp3) is 0.273. The number of azide groups is 1. The number of nitrogens with zero attached hydrogens (tertiary/aromatic N) is 3. The van der Waals surface area contributed by atoms with E-state index in [1.54, 1.807) is 0 Å². The maximum atomic E-state index is 13.4. The molecule has 1 rings (SSSR count). The van der Waals surface area contributed by atoms with Crippen molar-refractivity contribution in [3.05, 3.63) is 34.0 Å². The monoisotopic (exact) mass is 234 g/mol. The first-order chi connectivity index (χ1) is 8.19. The zero-order valence-corrected chi connectivity index (χ0v) is 9.27. The smallest absolute Gasteiger partial charge is 0.143 e. The fourth-order valence-corrected chi connectivity index (χ4v) is 1.15. The Morgan fingerprint density at radius 2 is 2.35 bits per heavy atom. The summed E-state index contributed by atoms with van der Waals surface area (Å²) in [7, 11) is 1.45. The number of nitrogen functional groups attached to an aromatic ring is 1. The molecule has 0 bridgehead atoms. The predicted molar refractivity (Wildman–Crippen MR) is 62.9 cm³/mol. The van der Waals surface area contributed by atoms with Crippen molar-refractivity contribution in [3.8, 4) is 17.6 Å². The highest BCUT2D eigenvalue weighted by molar-refractivity contribution is 5.57. The van der Waals surface area contributed by atoms with Crippen LogP contribution < -0.4 is 10.5 Å². The molecule has 6 heteroatoms. The minimum atomic E-state index is -0.500. The van der Waals surface area contributed by atoms with Gasteiger partial charge in [0.15, 0.2) is 0 Å². The molecule has 0 saturated heterocycles. The van der Waals surface area contributed by atoms with E-state index in [0.29, 0.717) is 12.2 Å². The Balaban J connectivity index is 2.86. The van der Waals surface area contributed by atoms with Crippen LogP contribution in [0.2, 0.25) is 0 Å². The standard InChI is InChI=1S/C11H11FN4O/c1-17-11-6-8(9(12)7-10(11)13)4-2-3-5-15-16-14/h6-7H,3,5,13H2,1H3. The minimum absolute atomic E-state index is 0.206. The Kier molecular flexibility index (Phi) is 4.67. The molecule has 17 heavy (non-hydrogen) atoms. The van der Waals surface area contributed by atoms with Crippen LogP contribution in [0.4, 0.5) is 10.1 Å². The number of benzene rings is 1. The van der Waals surface area contributed by atoms with E-state index in [0.717, 1.165) is 6.07 Å². The highest BCUT2D eigenvalue weighted by Gasteiger charge is 2.05. The van der Waals surface area contributed by atoms with E-state index < -0.39 is 5.82 Å². The Morgan fingerprint density at radius 3 is 3.00 bits per heavy atom. The molecular weight excluding hydrogens is 223 g/mol. The Labute approximate surface area is 98.0 Å². The van der Waals surface area contributed by atoms with Crippen molar-refractivity contribution in [2.24, 2.45) is 5.11 Å². The van der Waals surface area contributed by atoms with Crippen LogP contribution in [0, 0.1) is 17.7 Å². The summed E-state index contributed by atoms with van der Waals surface area (Å²) in [4.78, 5) is 2.58. The molecule has 0 aliphatic heterocycles. The van der Waals surface area contributed by atoms with Crippen LogP contribution in [-0.2, 0) is 0 Å². The number of hydrogen-bond acceptors (Lipinski definition) is 3. The van der Waals surface area contributed by atoms with Crippen LogP contribution in [-0.4, -0.2) is 13.7 Å². The van der Waals surface area contributed by atoms with Gasteiger partial charge in [0, 0.05) is 30.0 Å². The van der Waals surface area contributed by atoms with Crippen molar-refractivity contribution < 1.29 is 9.13 Å². The van der Waals surface area contributed by atoms with E-state index in [-0.39, 0.29) is 17.8 Å². The molecule has 0 fully saturated rings. The van der Waals surface area contributed by atoms with Crippen LogP contribution in [0.15, 0.2) is 17.2 Å². The predicted octanol–water partition coefficient (Wildman–Crippen LogP) is 2.47. The second-order valence-electron chi connectivity index (χ2n) is 3.08. The molecule has 0 heterocycles. The van der Waals surface area contributed by atoms with Gasteiger partial charge in [-0.3, -0.25) is 0 Å². The number of rotatable bonds is 3. The molecule has 0 spiro atoms. The molecule has 88 valence electrons. The second kappa shape index (κ2) is 6.26. The molecule has 0 atom stereocenters. The first kappa shape index (κ1) is 12.7. The maximum Gasteiger partial charge on any atom is 0.143 e. The third-order valence-electron chi connectivity index (χ3n) is 1.94. The van der Waals surface area contributed by atoms with Gasteiger partial charge in [0.25, 0.3) is 0 Å². The van der Waals surface area contributed by atoms with Gasteiger partial charge in [0.05, 0.1) is 18.4 Å². The molecule has 5 nitrogen and oxygen atoms in total. The van der Waals surface area contributed by atoms with E-state index >= 15 is 0 Å². The van der Waals surface area contributed by atoms with Gasteiger partial charge in [-0.1, -0.05) is 17.0 Å².